The minimum absolute atomic E-state index is 0.107. The quantitative estimate of drug-likeness (QED) is 0.720. The number of carbonyl (C=O) groups is 2. The first kappa shape index (κ1) is 18.6. The van der Waals surface area contributed by atoms with Gasteiger partial charge in [0.05, 0.1) is 0 Å². The van der Waals surface area contributed by atoms with Crippen molar-refractivity contribution in [1.29, 1.82) is 0 Å². The molecule has 25 heavy (non-hydrogen) atoms. The molecule has 0 aromatic heterocycles. The normalized spacial score (nSPS) is 11.3. The molecule has 1 atom stereocenters. The Hall–Kier alpha value is -2.73. The Balaban J connectivity index is 1.98. The molecule has 0 saturated heterocycles. The van der Waals surface area contributed by atoms with Gasteiger partial charge in [0.25, 0.3) is 11.8 Å². The van der Waals surface area contributed by atoms with Crippen molar-refractivity contribution in [2.45, 2.75) is 26.3 Å². The molecule has 2 aromatic rings. The second-order valence-electron chi connectivity index (χ2n) is 5.64. The van der Waals surface area contributed by atoms with Crippen LogP contribution in [0.15, 0.2) is 54.6 Å². The van der Waals surface area contributed by atoms with E-state index in [9.17, 15) is 9.59 Å². The highest BCUT2D eigenvalue weighted by Gasteiger charge is 2.10. The number of hydrogen-bond acceptors (Lipinski definition) is 3. The lowest BCUT2D eigenvalue weighted by molar-refractivity contribution is 0.0937. The topological polar surface area (TPSA) is 70.2 Å². The van der Waals surface area contributed by atoms with Gasteiger partial charge in [0.15, 0.2) is 5.11 Å². The smallest absolute Gasteiger partial charge is 0.257 e. The van der Waals surface area contributed by atoms with Gasteiger partial charge in [-0.3, -0.25) is 14.9 Å². The van der Waals surface area contributed by atoms with Crippen molar-refractivity contribution in [3.63, 3.8) is 0 Å². The molecule has 130 valence electrons. The van der Waals surface area contributed by atoms with Crippen molar-refractivity contribution in [2.75, 3.05) is 5.32 Å². The number of rotatable bonds is 5. The molecular formula is C19H21N3O2S. The van der Waals surface area contributed by atoms with Crippen LogP contribution in [0.4, 0.5) is 5.69 Å². The fourth-order valence-electron chi connectivity index (χ4n) is 2.07. The second kappa shape index (κ2) is 8.94. The van der Waals surface area contributed by atoms with Gasteiger partial charge in [-0.2, -0.15) is 0 Å². The molecule has 0 bridgehead atoms. The molecule has 0 aliphatic heterocycles. The summed E-state index contributed by atoms with van der Waals surface area (Å²) in [5.74, 6) is -0.430. The van der Waals surface area contributed by atoms with Crippen molar-refractivity contribution in [1.82, 2.24) is 10.6 Å². The summed E-state index contributed by atoms with van der Waals surface area (Å²) in [6.45, 7) is 3.96. The van der Waals surface area contributed by atoms with E-state index in [1.807, 2.05) is 19.9 Å². The highest BCUT2D eigenvalue weighted by atomic mass is 32.1. The molecule has 0 spiro atoms. The van der Waals surface area contributed by atoms with Crippen LogP contribution in [0.5, 0.6) is 0 Å². The molecule has 2 aromatic carbocycles. The fourth-order valence-corrected chi connectivity index (χ4v) is 2.29. The van der Waals surface area contributed by atoms with E-state index in [0.717, 1.165) is 6.42 Å². The maximum atomic E-state index is 12.2. The zero-order valence-electron chi connectivity index (χ0n) is 14.2. The highest BCUT2D eigenvalue weighted by Crippen LogP contribution is 2.11. The zero-order valence-corrected chi connectivity index (χ0v) is 15.0. The number of hydrogen-bond donors (Lipinski definition) is 3. The van der Waals surface area contributed by atoms with Crippen LogP contribution >= 0.6 is 12.2 Å². The van der Waals surface area contributed by atoms with Gasteiger partial charge >= 0.3 is 0 Å². The Morgan fingerprint density at radius 2 is 1.68 bits per heavy atom. The first-order valence-corrected chi connectivity index (χ1v) is 8.48. The molecular weight excluding hydrogens is 334 g/mol. The summed E-state index contributed by atoms with van der Waals surface area (Å²) in [6, 6.07) is 15.9. The van der Waals surface area contributed by atoms with Gasteiger partial charge < -0.3 is 10.6 Å². The molecule has 0 heterocycles. The average molecular weight is 355 g/mol. The SMILES string of the molecule is CCC(C)NC(=O)c1cccc(NC(=S)NC(=O)c2ccccc2)c1. The van der Waals surface area contributed by atoms with Crippen molar-refractivity contribution < 1.29 is 9.59 Å². The molecule has 0 aliphatic rings. The first-order chi connectivity index (χ1) is 12.0. The predicted octanol–water partition coefficient (Wildman–Crippen LogP) is 3.34. The van der Waals surface area contributed by atoms with Crippen molar-refractivity contribution in [3.8, 4) is 0 Å². The molecule has 2 rings (SSSR count). The average Bonchev–Trinajstić information content (AvgIpc) is 2.62. The van der Waals surface area contributed by atoms with Crippen LogP contribution in [0.1, 0.15) is 41.0 Å². The van der Waals surface area contributed by atoms with Gasteiger partial charge in [0, 0.05) is 22.9 Å². The van der Waals surface area contributed by atoms with Crippen molar-refractivity contribution >= 4 is 34.8 Å². The maximum absolute atomic E-state index is 12.2. The van der Waals surface area contributed by atoms with Crippen LogP contribution in [-0.2, 0) is 0 Å². The van der Waals surface area contributed by atoms with Gasteiger partial charge in [-0.15, -0.1) is 0 Å². The Morgan fingerprint density at radius 3 is 2.36 bits per heavy atom. The summed E-state index contributed by atoms with van der Waals surface area (Å²) in [7, 11) is 0. The molecule has 0 aliphatic carbocycles. The summed E-state index contributed by atoms with van der Waals surface area (Å²) in [5.41, 5.74) is 1.69. The standard InChI is InChI=1S/C19H21N3O2S/c1-3-13(2)20-18(24)15-10-7-11-16(12-15)21-19(25)22-17(23)14-8-5-4-6-9-14/h4-13H,3H2,1-2H3,(H,20,24)(H2,21,22,23,25). The summed E-state index contributed by atoms with van der Waals surface area (Å²) < 4.78 is 0. The Kier molecular flexibility index (Phi) is 6.65. The van der Waals surface area contributed by atoms with E-state index in [1.54, 1.807) is 48.5 Å². The third-order valence-electron chi connectivity index (χ3n) is 3.64. The first-order valence-electron chi connectivity index (χ1n) is 8.08. The van der Waals surface area contributed by atoms with Gasteiger partial charge in [-0.1, -0.05) is 31.2 Å². The third-order valence-corrected chi connectivity index (χ3v) is 3.84. The molecule has 1 unspecified atom stereocenters. The van der Waals surface area contributed by atoms with E-state index in [-0.39, 0.29) is 23.0 Å². The summed E-state index contributed by atoms with van der Waals surface area (Å²) >= 11 is 5.17. The van der Waals surface area contributed by atoms with Crippen LogP contribution in [0.3, 0.4) is 0 Å². The minimum Gasteiger partial charge on any atom is -0.350 e. The molecule has 6 heteroatoms. The van der Waals surface area contributed by atoms with Gasteiger partial charge in [-0.05, 0) is 55.9 Å². The molecule has 3 N–H and O–H groups in total. The molecule has 5 nitrogen and oxygen atoms in total. The number of benzene rings is 2. The number of nitrogens with one attached hydrogen (secondary N) is 3. The largest absolute Gasteiger partial charge is 0.350 e. The predicted molar refractivity (Wildman–Crippen MR) is 104 cm³/mol. The van der Waals surface area contributed by atoms with E-state index in [1.165, 1.54) is 0 Å². The van der Waals surface area contributed by atoms with Crippen LogP contribution in [0, 0.1) is 0 Å². The Bertz CT molecular complexity index is 762. The Labute approximate surface area is 152 Å². The van der Waals surface area contributed by atoms with E-state index in [4.69, 9.17) is 12.2 Å². The number of anilines is 1. The molecule has 0 saturated carbocycles. The Morgan fingerprint density at radius 1 is 1.00 bits per heavy atom. The van der Waals surface area contributed by atoms with Crippen LogP contribution < -0.4 is 16.0 Å². The maximum Gasteiger partial charge on any atom is 0.257 e. The molecule has 2 amide bonds. The number of amides is 2. The van der Waals surface area contributed by atoms with E-state index >= 15 is 0 Å². The van der Waals surface area contributed by atoms with Crippen LogP contribution in [-0.4, -0.2) is 23.0 Å². The molecule has 0 radical (unpaired) electrons. The number of carbonyl (C=O) groups excluding carboxylic acids is 2. The van der Waals surface area contributed by atoms with E-state index in [0.29, 0.717) is 16.8 Å². The highest BCUT2D eigenvalue weighted by molar-refractivity contribution is 7.80. The zero-order chi connectivity index (χ0) is 18.2. The van der Waals surface area contributed by atoms with E-state index < -0.39 is 0 Å². The molecule has 0 fully saturated rings. The lowest BCUT2D eigenvalue weighted by Crippen LogP contribution is -2.34. The van der Waals surface area contributed by atoms with E-state index in [2.05, 4.69) is 16.0 Å². The van der Waals surface area contributed by atoms with Crippen molar-refractivity contribution in [3.05, 3.63) is 65.7 Å². The van der Waals surface area contributed by atoms with Crippen LogP contribution in [0.25, 0.3) is 0 Å². The van der Waals surface area contributed by atoms with Crippen molar-refractivity contribution in [2.24, 2.45) is 0 Å². The minimum atomic E-state index is -0.288. The lowest BCUT2D eigenvalue weighted by atomic mass is 10.1. The van der Waals surface area contributed by atoms with Crippen LogP contribution in [0.2, 0.25) is 0 Å². The summed E-state index contributed by atoms with van der Waals surface area (Å²) in [6.07, 6.45) is 0.860. The second-order valence-corrected chi connectivity index (χ2v) is 6.05. The fraction of sp³-hybridized carbons (Fsp3) is 0.211. The summed E-state index contributed by atoms with van der Waals surface area (Å²) in [5, 5.41) is 8.63. The van der Waals surface area contributed by atoms with Gasteiger partial charge in [0.2, 0.25) is 0 Å². The monoisotopic (exact) mass is 355 g/mol. The lowest BCUT2D eigenvalue weighted by Gasteiger charge is -2.13. The summed E-state index contributed by atoms with van der Waals surface area (Å²) in [4.78, 5) is 24.2. The number of thiocarbonyl (C=S) groups is 1. The van der Waals surface area contributed by atoms with Gasteiger partial charge in [-0.25, -0.2) is 0 Å². The third kappa shape index (κ3) is 5.69. The van der Waals surface area contributed by atoms with Gasteiger partial charge in [0.1, 0.15) is 0 Å².